The van der Waals surface area contributed by atoms with Gasteiger partial charge in [0.1, 0.15) is 23.1 Å². The van der Waals surface area contributed by atoms with Gasteiger partial charge in [0.2, 0.25) is 0 Å². The van der Waals surface area contributed by atoms with Crippen LogP contribution in [0.25, 0.3) is 0 Å². The Morgan fingerprint density at radius 2 is 1.27 bits per heavy atom. The van der Waals surface area contributed by atoms with Crippen molar-refractivity contribution in [3.8, 4) is 5.75 Å². The van der Waals surface area contributed by atoms with Crippen LogP contribution in [0.3, 0.4) is 0 Å². The summed E-state index contributed by atoms with van der Waals surface area (Å²) >= 11 is 0. The first-order chi connectivity index (χ1) is 15.2. The molecule has 0 radical (unpaired) electrons. The van der Waals surface area contributed by atoms with Gasteiger partial charge in [-0.15, -0.1) is 0 Å². The molecule has 2 amide bonds. The van der Waals surface area contributed by atoms with E-state index in [4.69, 9.17) is 18.9 Å². The zero-order valence-corrected chi connectivity index (χ0v) is 20.3. The van der Waals surface area contributed by atoms with Gasteiger partial charge in [-0.2, -0.15) is 0 Å². The first kappa shape index (κ1) is 27.7. The maximum absolute atomic E-state index is 12.0. The molecule has 1 aromatic rings. The van der Waals surface area contributed by atoms with Gasteiger partial charge in [-0.05, 0) is 72.7 Å². The van der Waals surface area contributed by atoms with Crippen molar-refractivity contribution in [2.24, 2.45) is 0 Å². The van der Waals surface area contributed by atoms with Crippen molar-refractivity contribution in [3.63, 3.8) is 0 Å². The number of carbonyl (C=O) groups excluding carboxylic acids is 4. The van der Waals surface area contributed by atoms with Crippen LogP contribution in [0.5, 0.6) is 5.75 Å². The molecule has 1 aromatic carbocycles. The predicted molar refractivity (Wildman–Crippen MR) is 120 cm³/mol. The molecule has 0 aromatic heterocycles. The van der Waals surface area contributed by atoms with E-state index in [2.05, 4.69) is 10.6 Å². The lowest BCUT2D eigenvalue weighted by atomic mass is 10.1. The third-order valence-electron chi connectivity index (χ3n) is 3.63. The number of nitrogens with one attached hydrogen (secondary N) is 2. The Morgan fingerprint density at radius 3 is 1.67 bits per heavy atom. The van der Waals surface area contributed by atoms with E-state index in [0.717, 1.165) is 0 Å². The largest absolute Gasteiger partial charge is 0.487 e. The minimum absolute atomic E-state index is 0.0220. The molecule has 10 nitrogen and oxygen atoms in total. The number of Topliss-reactive ketones (excluding diaryl/α,β-unsaturated/α-hetero) is 1. The normalized spacial score (nSPS) is 11.4. The Balaban J connectivity index is 2.83. The molecule has 0 saturated carbocycles. The third-order valence-corrected chi connectivity index (χ3v) is 3.63. The van der Waals surface area contributed by atoms with Crippen LogP contribution in [-0.4, -0.2) is 60.9 Å². The van der Waals surface area contributed by atoms with Gasteiger partial charge < -0.3 is 29.6 Å². The zero-order valence-electron chi connectivity index (χ0n) is 20.3. The summed E-state index contributed by atoms with van der Waals surface area (Å²) in [5.74, 6) is -1.34. The highest BCUT2D eigenvalue weighted by molar-refractivity contribution is 6.40. The highest BCUT2D eigenvalue weighted by Crippen LogP contribution is 2.15. The van der Waals surface area contributed by atoms with E-state index < -0.39 is 41.2 Å². The number of amides is 2. The maximum atomic E-state index is 12.0. The van der Waals surface area contributed by atoms with Crippen LogP contribution in [0.2, 0.25) is 0 Å². The van der Waals surface area contributed by atoms with Gasteiger partial charge in [0.05, 0.1) is 19.7 Å². The summed E-state index contributed by atoms with van der Waals surface area (Å²) in [6.45, 7) is 12.2. The van der Waals surface area contributed by atoms with E-state index in [1.54, 1.807) is 48.5 Å². The van der Waals surface area contributed by atoms with Crippen LogP contribution in [0, 0.1) is 0 Å². The highest BCUT2D eigenvalue weighted by atomic mass is 16.6. The molecular weight excluding hydrogens is 432 g/mol. The Kier molecular flexibility index (Phi) is 10.2. The fourth-order valence-electron chi connectivity index (χ4n) is 2.37. The summed E-state index contributed by atoms with van der Waals surface area (Å²) < 4.78 is 21.0. The summed E-state index contributed by atoms with van der Waals surface area (Å²) in [7, 11) is 0. The Hall–Kier alpha value is -3.30. The minimum atomic E-state index is -0.938. The van der Waals surface area contributed by atoms with Crippen LogP contribution >= 0.6 is 0 Å². The van der Waals surface area contributed by atoms with Gasteiger partial charge in [0, 0.05) is 5.56 Å². The van der Waals surface area contributed by atoms with Crippen molar-refractivity contribution in [1.82, 2.24) is 10.6 Å². The monoisotopic (exact) mass is 466 g/mol. The lowest BCUT2D eigenvalue weighted by Crippen LogP contribution is -2.45. The van der Waals surface area contributed by atoms with Crippen LogP contribution in [0.4, 0.5) is 9.59 Å². The highest BCUT2D eigenvalue weighted by Gasteiger charge is 2.22. The van der Waals surface area contributed by atoms with E-state index in [0.29, 0.717) is 5.75 Å². The molecule has 0 unspecified atom stereocenters. The first-order valence-corrected chi connectivity index (χ1v) is 10.6. The second kappa shape index (κ2) is 12.1. The van der Waals surface area contributed by atoms with Gasteiger partial charge in [-0.1, -0.05) is 0 Å². The number of hydrogen-bond acceptors (Lipinski definition) is 8. The molecule has 10 heteroatoms. The van der Waals surface area contributed by atoms with Crippen LogP contribution in [0.1, 0.15) is 58.8 Å². The molecule has 0 heterocycles. The molecule has 0 fully saturated rings. The second-order valence-corrected chi connectivity index (χ2v) is 9.08. The number of carbonyl (C=O) groups is 4. The molecule has 1 rings (SSSR count). The number of ketones is 1. The number of hydrogen-bond donors (Lipinski definition) is 2. The van der Waals surface area contributed by atoms with Crippen molar-refractivity contribution >= 4 is 23.9 Å². The van der Waals surface area contributed by atoms with Crippen LogP contribution in [0.15, 0.2) is 24.3 Å². The van der Waals surface area contributed by atoms with Gasteiger partial charge in [0.15, 0.2) is 0 Å². The summed E-state index contributed by atoms with van der Waals surface area (Å²) in [6.07, 6.45) is -1.95. The molecule has 0 saturated heterocycles. The van der Waals surface area contributed by atoms with Crippen molar-refractivity contribution in [2.75, 3.05) is 19.7 Å². The quantitative estimate of drug-likeness (QED) is 0.246. The molecule has 0 aliphatic heterocycles. The van der Waals surface area contributed by atoms with E-state index in [9.17, 15) is 19.2 Å². The van der Waals surface area contributed by atoms with E-state index in [1.165, 1.54) is 24.3 Å². The van der Waals surface area contributed by atoms with Crippen LogP contribution < -0.4 is 15.4 Å². The number of rotatable bonds is 9. The summed E-state index contributed by atoms with van der Waals surface area (Å²) in [5, 5.41) is 5.19. The standard InChI is InChI=1S/C23H34N2O8/c1-8-30-19(27)18(26)15-9-11-16(12-10-15)31-17(13-24-20(28)32-22(2,3)4)14-25-21(29)33-23(5,6)7/h9-12,17H,8,13-14H2,1-7H3,(H,24,28)(H,25,29). The molecule has 0 aliphatic rings. The number of alkyl carbamates (subject to hydrolysis) is 2. The summed E-state index contributed by atoms with van der Waals surface area (Å²) in [5.41, 5.74) is -1.19. The average Bonchev–Trinajstić information content (AvgIpc) is 2.67. The van der Waals surface area contributed by atoms with Crippen molar-refractivity contribution in [1.29, 1.82) is 0 Å². The van der Waals surface area contributed by atoms with Gasteiger partial charge in [0.25, 0.3) is 5.78 Å². The molecule has 2 N–H and O–H groups in total. The fraction of sp³-hybridized carbons (Fsp3) is 0.565. The zero-order chi connectivity index (χ0) is 25.2. The van der Waals surface area contributed by atoms with E-state index in [-0.39, 0.29) is 25.3 Å². The summed E-state index contributed by atoms with van der Waals surface area (Å²) in [4.78, 5) is 47.6. The Bertz CT molecular complexity index is 790. The van der Waals surface area contributed by atoms with Crippen molar-refractivity contribution < 1.29 is 38.1 Å². The second-order valence-electron chi connectivity index (χ2n) is 9.08. The van der Waals surface area contributed by atoms with Gasteiger partial charge in [-0.25, -0.2) is 14.4 Å². The lowest BCUT2D eigenvalue weighted by Gasteiger charge is -2.24. The molecule has 0 atom stereocenters. The average molecular weight is 467 g/mol. The van der Waals surface area contributed by atoms with Gasteiger partial charge >= 0.3 is 18.2 Å². The van der Waals surface area contributed by atoms with Crippen molar-refractivity contribution in [2.45, 2.75) is 65.8 Å². The van der Waals surface area contributed by atoms with E-state index >= 15 is 0 Å². The molecule has 0 bridgehead atoms. The SMILES string of the molecule is CCOC(=O)C(=O)c1ccc(OC(CNC(=O)OC(C)(C)C)CNC(=O)OC(C)(C)C)cc1. The minimum Gasteiger partial charge on any atom is -0.487 e. The molecular formula is C23H34N2O8. The lowest BCUT2D eigenvalue weighted by molar-refractivity contribution is -0.137. The Morgan fingerprint density at radius 1 is 0.818 bits per heavy atom. The number of ether oxygens (including phenoxy) is 4. The third kappa shape index (κ3) is 11.8. The molecule has 33 heavy (non-hydrogen) atoms. The fourth-order valence-corrected chi connectivity index (χ4v) is 2.37. The molecule has 0 spiro atoms. The van der Waals surface area contributed by atoms with E-state index in [1.807, 2.05) is 0 Å². The number of benzene rings is 1. The molecule has 0 aliphatic carbocycles. The number of esters is 1. The maximum Gasteiger partial charge on any atom is 0.407 e. The topological polar surface area (TPSA) is 129 Å². The molecule has 184 valence electrons. The summed E-state index contributed by atoms with van der Waals surface area (Å²) in [6, 6.07) is 5.85. The first-order valence-electron chi connectivity index (χ1n) is 10.6. The Labute approximate surface area is 194 Å². The van der Waals surface area contributed by atoms with Crippen molar-refractivity contribution in [3.05, 3.63) is 29.8 Å². The van der Waals surface area contributed by atoms with Gasteiger partial charge in [-0.3, -0.25) is 4.79 Å². The predicted octanol–water partition coefficient (Wildman–Crippen LogP) is 3.23. The smallest absolute Gasteiger partial charge is 0.407 e. The van der Waals surface area contributed by atoms with Crippen LogP contribution in [-0.2, 0) is 19.0 Å².